The average Bonchev–Trinajstić information content (AvgIpc) is 2.48. The Bertz CT molecular complexity index is 659. The summed E-state index contributed by atoms with van der Waals surface area (Å²) in [5.74, 6) is 0.302. The second-order valence-corrected chi connectivity index (χ2v) is 5.47. The molecule has 0 aliphatic rings. The maximum Gasteiger partial charge on any atom is 0.163 e. The van der Waals surface area contributed by atoms with E-state index in [0.29, 0.717) is 22.1 Å². The van der Waals surface area contributed by atoms with Crippen molar-refractivity contribution in [1.29, 1.82) is 0 Å². The molecule has 0 aromatic heterocycles. The minimum atomic E-state index is -0.663. The SMILES string of the molecule is COc1cc(F)c(C(Cl)c2cc(Cl)ccc2C)cc1OC. The van der Waals surface area contributed by atoms with Crippen LogP contribution in [0.5, 0.6) is 11.5 Å². The third kappa shape index (κ3) is 3.25. The first kappa shape index (κ1) is 15.9. The number of hydrogen-bond acceptors (Lipinski definition) is 2. The van der Waals surface area contributed by atoms with Crippen molar-refractivity contribution in [2.75, 3.05) is 14.2 Å². The molecule has 1 atom stereocenters. The van der Waals surface area contributed by atoms with E-state index in [4.69, 9.17) is 32.7 Å². The molecule has 0 saturated heterocycles. The first-order chi connectivity index (χ1) is 9.97. The van der Waals surface area contributed by atoms with Gasteiger partial charge in [0.05, 0.1) is 19.6 Å². The highest BCUT2D eigenvalue weighted by molar-refractivity contribution is 6.31. The largest absolute Gasteiger partial charge is 0.493 e. The first-order valence-corrected chi connectivity index (χ1v) is 7.11. The lowest BCUT2D eigenvalue weighted by molar-refractivity contribution is 0.351. The zero-order valence-electron chi connectivity index (χ0n) is 11.9. The molecule has 21 heavy (non-hydrogen) atoms. The smallest absolute Gasteiger partial charge is 0.163 e. The lowest BCUT2D eigenvalue weighted by Gasteiger charge is -2.17. The van der Waals surface area contributed by atoms with E-state index < -0.39 is 11.2 Å². The fourth-order valence-corrected chi connectivity index (χ4v) is 2.70. The van der Waals surface area contributed by atoms with Gasteiger partial charge in [-0.25, -0.2) is 4.39 Å². The van der Waals surface area contributed by atoms with Crippen molar-refractivity contribution in [1.82, 2.24) is 0 Å². The summed E-state index contributed by atoms with van der Waals surface area (Å²) in [6.07, 6.45) is 0. The molecule has 0 heterocycles. The van der Waals surface area contributed by atoms with Crippen LogP contribution in [0.2, 0.25) is 5.02 Å². The predicted molar refractivity (Wildman–Crippen MR) is 83.4 cm³/mol. The third-order valence-corrected chi connectivity index (χ3v) is 4.00. The highest BCUT2D eigenvalue weighted by Gasteiger charge is 2.20. The molecular weight excluding hydrogens is 314 g/mol. The molecule has 0 aliphatic carbocycles. The molecule has 2 aromatic carbocycles. The van der Waals surface area contributed by atoms with E-state index in [9.17, 15) is 4.39 Å². The summed E-state index contributed by atoms with van der Waals surface area (Å²) in [6.45, 7) is 1.90. The molecular formula is C16H15Cl2FO2. The zero-order chi connectivity index (χ0) is 15.6. The Hall–Kier alpha value is -1.45. The van der Waals surface area contributed by atoms with Crippen LogP contribution in [0.3, 0.4) is 0 Å². The van der Waals surface area contributed by atoms with Crippen LogP contribution in [-0.4, -0.2) is 14.2 Å². The summed E-state index contributed by atoms with van der Waals surface area (Å²) in [7, 11) is 2.95. The Morgan fingerprint density at radius 3 is 2.24 bits per heavy atom. The van der Waals surface area contributed by atoms with Crippen LogP contribution in [0, 0.1) is 12.7 Å². The van der Waals surface area contributed by atoms with Crippen molar-refractivity contribution in [3.8, 4) is 11.5 Å². The van der Waals surface area contributed by atoms with Crippen molar-refractivity contribution in [3.05, 3.63) is 57.9 Å². The van der Waals surface area contributed by atoms with Gasteiger partial charge in [0.2, 0.25) is 0 Å². The van der Waals surface area contributed by atoms with Gasteiger partial charge in [-0.3, -0.25) is 0 Å². The lowest BCUT2D eigenvalue weighted by atomic mass is 9.99. The Kier molecular flexibility index (Phi) is 4.96. The molecule has 0 N–H and O–H groups in total. The standard InChI is InChI=1S/C16H15Cl2FO2/c1-9-4-5-10(17)6-11(9)16(18)12-7-14(20-2)15(21-3)8-13(12)19/h4-8,16H,1-3H3. The number of halogens is 3. The summed E-state index contributed by atoms with van der Waals surface area (Å²) in [6, 6.07) is 8.18. The van der Waals surface area contributed by atoms with Crippen molar-refractivity contribution in [2.24, 2.45) is 0 Å². The van der Waals surface area contributed by atoms with Crippen molar-refractivity contribution >= 4 is 23.2 Å². The van der Waals surface area contributed by atoms with Crippen molar-refractivity contribution < 1.29 is 13.9 Å². The highest BCUT2D eigenvalue weighted by atomic mass is 35.5. The predicted octanol–water partition coefficient (Wildman–Crippen LogP) is 5.13. The summed E-state index contributed by atoms with van der Waals surface area (Å²) >= 11 is 12.4. The van der Waals surface area contributed by atoms with Gasteiger partial charge in [-0.05, 0) is 36.2 Å². The molecule has 0 saturated carbocycles. The van der Waals surface area contributed by atoms with Gasteiger partial charge in [0, 0.05) is 16.7 Å². The molecule has 0 fully saturated rings. The van der Waals surface area contributed by atoms with E-state index in [1.165, 1.54) is 20.3 Å². The summed E-state index contributed by atoms with van der Waals surface area (Å²) < 4.78 is 24.5. The molecule has 112 valence electrons. The maximum absolute atomic E-state index is 14.3. The fraction of sp³-hybridized carbons (Fsp3) is 0.250. The van der Waals surface area contributed by atoms with Gasteiger partial charge < -0.3 is 9.47 Å². The summed E-state index contributed by atoms with van der Waals surface area (Å²) in [5, 5.41) is -0.106. The highest BCUT2D eigenvalue weighted by Crippen LogP contribution is 2.39. The van der Waals surface area contributed by atoms with Gasteiger partial charge in [0.1, 0.15) is 5.82 Å². The molecule has 2 nitrogen and oxygen atoms in total. The van der Waals surface area contributed by atoms with Crippen LogP contribution < -0.4 is 9.47 Å². The Morgan fingerprint density at radius 1 is 1.00 bits per heavy atom. The molecule has 0 spiro atoms. The monoisotopic (exact) mass is 328 g/mol. The van der Waals surface area contributed by atoms with Gasteiger partial charge in [-0.15, -0.1) is 11.6 Å². The number of hydrogen-bond donors (Lipinski definition) is 0. The first-order valence-electron chi connectivity index (χ1n) is 6.29. The molecule has 0 aliphatic heterocycles. The quantitative estimate of drug-likeness (QED) is 0.724. The summed E-state index contributed by atoms with van der Waals surface area (Å²) in [5.41, 5.74) is 2.02. The number of alkyl halides is 1. The van der Waals surface area contributed by atoms with E-state index in [0.717, 1.165) is 11.1 Å². The minimum Gasteiger partial charge on any atom is -0.493 e. The number of ether oxygens (including phenoxy) is 2. The minimum absolute atomic E-state index is 0.319. The van der Waals surface area contributed by atoms with E-state index in [1.807, 2.05) is 13.0 Å². The molecule has 2 rings (SSSR count). The zero-order valence-corrected chi connectivity index (χ0v) is 13.4. The number of benzene rings is 2. The topological polar surface area (TPSA) is 18.5 Å². The second kappa shape index (κ2) is 6.54. The number of methoxy groups -OCH3 is 2. The van der Waals surface area contributed by atoms with Gasteiger partial charge in [0.15, 0.2) is 11.5 Å². The van der Waals surface area contributed by atoms with Gasteiger partial charge in [0.25, 0.3) is 0 Å². The van der Waals surface area contributed by atoms with Crippen molar-refractivity contribution in [2.45, 2.75) is 12.3 Å². The molecule has 5 heteroatoms. The molecule has 0 amide bonds. The molecule has 0 bridgehead atoms. The number of aryl methyl sites for hydroxylation is 1. The van der Waals surface area contributed by atoms with Gasteiger partial charge in [-0.2, -0.15) is 0 Å². The fourth-order valence-electron chi connectivity index (χ4n) is 2.12. The van der Waals surface area contributed by atoms with Crippen LogP contribution in [-0.2, 0) is 0 Å². The Labute approximate surface area is 133 Å². The van der Waals surface area contributed by atoms with Crippen LogP contribution in [0.1, 0.15) is 22.1 Å². The van der Waals surface area contributed by atoms with Crippen LogP contribution in [0.4, 0.5) is 4.39 Å². The molecule has 2 aromatic rings. The third-order valence-electron chi connectivity index (χ3n) is 3.29. The Morgan fingerprint density at radius 2 is 1.62 bits per heavy atom. The Balaban J connectivity index is 2.52. The number of rotatable bonds is 4. The normalized spacial score (nSPS) is 12.1. The second-order valence-electron chi connectivity index (χ2n) is 4.59. The molecule has 0 radical (unpaired) electrons. The maximum atomic E-state index is 14.3. The van der Waals surface area contributed by atoms with Crippen LogP contribution in [0.15, 0.2) is 30.3 Å². The van der Waals surface area contributed by atoms with E-state index in [1.54, 1.807) is 18.2 Å². The van der Waals surface area contributed by atoms with Crippen LogP contribution in [0.25, 0.3) is 0 Å². The van der Waals surface area contributed by atoms with E-state index in [-0.39, 0.29) is 0 Å². The average molecular weight is 329 g/mol. The van der Waals surface area contributed by atoms with E-state index in [2.05, 4.69) is 0 Å². The van der Waals surface area contributed by atoms with Gasteiger partial charge in [-0.1, -0.05) is 17.7 Å². The summed E-state index contributed by atoms with van der Waals surface area (Å²) in [4.78, 5) is 0. The van der Waals surface area contributed by atoms with E-state index >= 15 is 0 Å². The lowest BCUT2D eigenvalue weighted by Crippen LogP contribution is -2.02. The van der Waals surface area contributed by atoms with Crippen molar-refractivity contribution in [3.63, 3.8) is 0 Å². The van der Waals surface area contributed by atoms with Crippen LogP contribution >= 0.6 is 23.2 Å². The molecule has 1 unspecified atom stereocenters. The van der Waals surface area contributed by atoms with Gasteiger partial charge >= 0.3 is 0 Å².